The number of ether oxygens (including phenoxy) is 1. The van der Waals surface area contributed by atoms with Gasteiger partial charge >= 0.3 is 0 Å². The maximum Gasteiger partial charge on any atom is 0.251 e. The number of rotatable bonds is 10. The fourth-order valence-corrected chi connectivity index (χ4v) is 4.05. The van der Waals surface area contributed by atoms with Crippen LogP contribution in [0.5, 0.6) is 5.75 Å². The first-order valence-corrected chi connectivity index (χ1v) is 11.8. The standard InChI is InChI=1S/C27H25N5O5/c1-2-35-20-13-11-19(12-14-20)32(25(33)18-31-23-9-4-3-8-22(23)29-30-31)26(24-10-6-16-37-24)27(34)28-17-21-7-5-15-36-21/h3-16,26H,2,17-18H2,1H3,(H,28,34)/t26-/m1/s1. The van der Waals surface area contributed by atoms with Crippen molar-refractivity contribution < 1.29 is 23.2 Å². The molecule has 0 aliphatic carbocycles. The van der Waals surface area contributed by atoms with Gasteiger partial charge in [-0.05, 0) is 67.6 Å². The van der Waals surface area contributed by atoms with E-state index in [9.17, 15) is 9.59 Å². The van der Waals surface area contributed by atoms with Crippen molar-refractivity contribution in [1.82, 2.24) is 20.3 Å². The van der Waals surface area contributed by atoms with E-state index in [-0.39, 0.29) is 19.0 Å². The highest BCUT2D eigenvalue weighted by Gasteiger charge is 2.35. The van der Waals surface area contributed by atoms with Gasteiger partial charge in [-0.15, -0.1) is 5.10 Å². The van der Waals surface area contributed by atoms with Gasteiger partial charge in [-0.2, -0.15) is 0 Å². The van der Waals surface area contributed by atoms with Crippen LogP contribution in [0.15, 0.2) is 94.2 Å². The predicted molar refractivity (Wildman–Crippen MR) is 135 cm³/mol. The first-order chi connectivity index (χ1) is 18.1. The van der Waals surface area contributed by atoms with Gasteiger partial charge in [-0.3, -0.25) is 14.5 Å². The predicted octanol–water partition coefficient (Wildman–Crippen LogP) is 4.11. The van der Waals surface area contributed by atoms with Crippen molar-refractivity contribution in [2.45, 2.75) is 26.1 Å². The minimum Gasteiger partial charge on any atom is -0.494 e. The number of benzene rings is 2. The van der Waals surface area contributed by atoms with E-state index in [4.69, 9.17) is 13.6 Å². The zero-order valence-corrected chi connectivity index (χ0v) is 20.1. The molecule has 0 radical (unpaired) electrons. The van der Waals surface area contributed by atoms with Crippen LogP contribution in [0.1, 0.15) is 24.5 Å². The molecule has 3 aromatic heterocycles. The minimum atomic E-state index is -1.09. The Hall–Kier alpha value is -4.86. The number of amides is 2. The van der Waals surface area contributed by atoms with Gasteiger partial charge in [0.15, 0.2) is 6.04 Å². The van der Waals surface area contributed by atoms with Gasteiger partial charge in [-0.25, -0.2) is 4.68 Å². The molecule has 37 heavy (non-hydrogen) atoms. The molecule has 0 fully saturated rings. The van der Waals surface area contributed by atoms with Gasteiger partial charge in [0.2, 0.25) is 5.91 Å². The van der Waals surface area contributed by atoms with Gasteiger partial charge in [0.1, 0.15) is 29.3 Å². The van der Waals surface area contributed by atoms with E-state index in [1.165, 1.54) is 22.1 Å². The van der Waals surface area contributed by atoms with Crippen molar-refractivity contribution in [3.63, 3.8) is 0 Å². The average Bonchev–Trinajstić information content (AvgIpc) is 3.70. The second kappa shape index (κ2) is 10.8. The van der Waals surface area contributed by atoms with Crippen LogP contribution < -0.4 is 15.0 Å². The Balaban J connectivity index is 1.51. The molecule has 188 valence electrons. The van der Waals surface area contributed by atoms with E-state index in [1.54, 1.807) is 48.5 Å². The number of nitrogens with zero attached hydrogens (tertiary/aromatic N) is 4. The molecule has 10 heteroatoms. The van der Waals surface area contributed by atoms with Crippen LogP contribution in [0.3, 0.4) is 0 Å². The summed E-state index contributed by atoms with van der Waals surface area (Å²) in [6.07, 6.45) is 3.00. The molecular weight excluding hydrogens is 474 g/mol. The number of carbonyl (C=O) groups excluding carboxylic acids is 2. The monoisotopic (exact) mass is 499 g/mol. The van der Waals surface area contributed by atoms with E-state index in [1.807, 2.05) is 31.2 Å². The maximum atomic E-state index is 13.9. The normalized spacial score (nSPS) is 11.8. The molecule has 1 N–H and O–H groups in total. The summed E-state index contributed by atoms with van der Waals surface area (Å²) in [5.74, 6) is 0.728. The molecule has 0 saturated heterocycles. The quantitative estimate of drug-likeness (QED) is 0.307. The molecule has 5 rings (SSSR count). The van der Waals surface area contributed by atoms with Crippen LogP contribution >= 0.6 is 0 Å². The van der Waals surface area contributed by atoms with Gasteiger partial charge < -0.3 is 18.9 Å². The van der Waals surface area contributed by atoms with E-state index in [0.717, 1.165) is 0 Å². The highest BCUT2D eigenvalue weighted by Crippen LogP contribution is 2.30. The Morgan fingerprint density at radius 3 is 2.51 bits per heavy atom. The number of furan rings is 2. The number of fused-ring (bicyclic) bond motifs is 1. The van der Waals surface area contributed by atoms with E-state index < -0.39 is 11.9 Å². The Kier molecular flexibility index (Phi) is 6.98. The molecule has 0 saturated carbocycles. The highest BCUT2D eigenvalue weighted by molar-refractivity contribution is 6.01. The van der Waals surface area contributed by atoms with Crippen LogP contribution in [0.4, 0.5) is 5.69 Å². The van der Waals surface area contributed by atoms with E-state index in [0.29, 0.717) is 40.6 Å². The summed E-state index contributed by atoms with van der Waals surface area (Å²) in [5.41, 5.74) is 1.87. The second-order valence-corrected chi connectivity index (χ2v) is 8.14. The van der Waals surface area contributed by atoms with Crippen LogP contribution in [-0.4, -0.2) is 33.4 Å². The fourth-order valence-electron chi connectivity index (χ4n) is 4.05. The van der Waals surface area contributed by atoms with Gasteiger partial charge in [0, 0.05) is 5.69 Å². The molecular formula is C27H25N5O5. The molecule has 0 spiro atoms. The zero-order chi connectivity index (χ0) is 25.6. The topological polar surface area (TPSA) is 116 Å². The van der Waals surface area contributed by atoms with Gasteiger partial charge in [0.05, 0.1) is 31.2 Å². The molecule has 0 unspecified atom stereocenters. The summed E-state index contributed by atoms with van der Waals surface area (Å²) >= 11 is 0. The van der Waals surface area contributed by atoms with Crippen LogP contribution in [0.2, 0.25) is 0 Å². The number of aromatic nitrogens is 3. The molecule has 0 bridgehead atoms. The molecule has 3 heterocycles. The molecule has 1 atom stereocenters. The van der Waals surface area contributed by atoms with E-state index in [2.05, 4.69) is 15.6 Å². The third-order valence-corrected chi connectivity index (χ3v) is 5.74. The van der Waals surface area contributed by atoms with Crippen molar-refractivity contribution in [1.29, 1.82) is 0 Å². The second-order valence-electron chi connectivity index (χ2n) is 8.14. The number of carbonyl (C=O) groups is 2. The number of anilines is 1. The van der Waals surface area contributed by atoms with E-state index >= 15 is 0 Å². The lowest BCUT2D eigenvalue weighted by Crippen LogP contribution is -2.45. The van der Waals surface area contributed by atoms with Crippen molar-refractivity contribution in [3.8, 4) is 5.75 Å². The Morgan fingerprint density at radius 1 is 1.00 bits per heavy atom. The number of hydrogen-bond acceptors (Lipinski definition) is 7. The SMILES string of the molecule is CCOc1ccc(N(C(=O)Cn2nnc3ccccc32)[C@@H](C(=O)NCc2ccco2)c2ccco2)cc1. The maximum absolute atomic E-state index is 13.9. The first-order valence-electron chi connectivity index (χ1n) is 11.8. The average molecular weight is 500 g/mol. The zero-order valence-electron chi connectivity index (χ0n) is 20.1. The molecule has 10 nitrogen and oxygen atoms in total. The summed E-state index contributed by atoms with van der Waals surface area (Å²) in [4.78, 5) is 28.9. The Bertz CT molecular complexity index is 1460. The number of nitrogens with one attached hydrogen (secondary N) is 1. The molecule has 2 amide bonds. The molecule has 5 aromatic rings. The van der Waals surface area contributed by atoms with Gasteiger partial charge in [0.25, 0.3) is 5.91 Å². The molecule has 2 aromatic carbocycles. The fraction of sp³-hybridized carbons (Fsp3) is 0.185. The first kappa shape index (κ1) is 23.9. The highest BCUT2D eigenvalue weighted by atomic mass is 16.5. The summed E-state index contributed by atoms with van der Waals surface area (Å²) in [6.45, 7) is 2.41. The minimum absolute atomic E-state index is 0.142. The largest absolute Gasteiger partial charge is 0.494 e. The van der Waals surface area contributed by atoms with Gasteiger partial charge in [-0.1, -0.05) is 17.3 Å². The van der Waals surface area contributed by atoms with Crippen molar-refractivity contribution in [2.75, 3.05) is 11.5 Å². The van der Waals surface area contributed by atoms with Crippen molar-refractivity contribution in [2.24, 2.45) is 0 Å². The smallest absolute Gasteiger partial charge is 0.251 e. The summed E-state index contributed by atoms with van der Waals surface area (Å²) in [7, 11) is 0. The van der Waals surface area contributed by atoms with Crippen LogP contribution in [0, 0.1) is 0 Å². The lowest BCUT2D eigenvalue weighted by atomic mass is 10.1. The van der Waals surface area contributed by atoms with Crippen LogP contribution in [0.25, 0.3) is 11.0 Å². The van der Waals surface area contributed by atoms with Crippen molar-refractivity contribution >= 4 is 28.5 Å². The lowest BCUT2D eigenvalue weighted by molar-refractivity contribution is -0.127. The summed E-state index contributed by atoms with van der Waals surface area (Å²) in [6, 6.07) is 20.1. The summed E-state index contributed by atoms with van der Waals surface area (Å²) in [5, 5.41) is 11.1. The summed E-state index contributed by atoms with van der Waals surface area (Å²) < 4.78 is 18.1. The Morgan fingerprint density at radius 2 is 1.78 bits per heavy atom. The number of para-hydroxylation sites is 1. The van der Waals surface area contributed by atoms with Crippen LogP contribution in [-0.2, 0) is 22.7 Å². The third kappa shape index (κ3) is 5.22. The third-order valence-electron chi connectivity index (χ3n) is 5.74. The number of hydrogen-bond donors (Lipinski definition) is 1. The Labute approximate surface area is 212 Å². The molecule has 0 aliphatic rings. The van der Waals surface area contributed by atoms with Crippen molar-refractivity contribution in [3.05, 3.63) is 96.8 Å². The molecule has 0 aliphatic heterocycles. The lowest BCUT2D eigenvalue weighted by Gasteiger charge is -2.30.